The Morgan fingerprint density at radius 1 is 1.31 bits per heavy atom. The standard InChI is InChI=1S/C14H20ClN/c1-8-6-12(15)9(2)5-10(8)13(16)11-7-14(11,3)4/h5-6,11,13H,7,16H2,1-4H3. The van der Waals surface area contributed by atoms with E-state index >= 15 is 0 Å². The van der Waals surface area contributed by atoms with Gasteiger partial charge in [-0.2, -0.15) is 0 Å². The van der Waals surface area contributed by atoms with E-state index in [1.165, 1.54) is 17.5 Å². The molecule has 2 atom stereocenters. The van der Waals surface area contributed by atoms with Crippen molar-refractivity contribution in [1.82, 2.24) is 0 Å². The van der Waals surface area contributed by atoms with E-state index in [0.29, 0.717) is 11.3 Å². The predicted molar refractivity (Wildman–Crippen MR) is 69.7 cm³/mol. The van der Waals surface area contributed by atoms with Crippen molar-refractivity contribution < 1.29 is 0 Å². The average molecular weight is 238 g/mol. The zero-order valence-electron chi connectivity index (χ0n) is 10.5. The van der Waals surface area contributed by atoms with Crippen molar-refractivity contribution in [2.75, 3.05) is 0 Å². The van der Waals surface area contributed by atoms with Crippen molar-refractivity contribution in [3.8, 4) is 0 Å². The van der Waals surface area contributed by atoms with Gasteiger partial charge in [0.1, 0.15) is 0 Å². The molecule has 0 aromatic heterocycles. The quantitative estimate of drug-likeness (QED) is 0.827. The summed E-state index contributed by atoms with van der Waals surface area (Å²) in [5, 5.41) is 0.837. The van der Waals surface area contributed by atoms with E-state index < -0.39 is 0 Å². The largest absolute Gasteiger partial charge is 0.324 e. The molecule has 0 aliphatic heterocycles. The first-order chi connectivity index (χ1) is 7.33. The Labute approximate surface area is 103 Å². The van der Waals surface area contributed by atoms with Crippen LogP contribution in [0.15, 0.2) is 12.1 Å². The summed E-state index contributed by atoms with van der Waals surface area (Å²) in [7, 11) is 0. The molecule has 0 saturated heterocycles. The minimum atomic E-state index is 0.158. The summed E-state index contributed by atoms with van der Waals surface area (Å²) in [6.45, 7) is 8.71. The molecule has 88 valence electrons. The lowest BCUT2D eigenvalue weighted by Gasteiger charge is -2.18. The first-order valence-electron chi connectivity index (χ1n) is 5.85. The summed E-state index contributed by atoms with van der Waals surface area (Å²) in [4.78, 5) is 0. The third kappa shape index (κ3) is 1.99. The minimum absolute atomic E-state index is 0.158. The molecule has 0 spiro atoms. The molecule has 1 saturated carbocycles. The van der Waals surface area contributed by atoms with Crippen LogP contribution in [0, 0.1) is 25.2 Å². The Kier molecular flexibility index (Phi) is 2.80. The van der Waals surface area contributed by atoms with E-state index in [-0.39, 0.29) is 6.04 Å². The van der Waals surface area contributed by atoms with E-state index in [9.17, 15) is 0 Å². The SMILES string of the molecule is Cc1cc(C(N)C2CC2(C)C)c(C)cc1Cl. The zero-order chi connectivity index (χ0) is 12.1. The lowest BCUT2D eigenvalue weighted by Crippen LogP contribution is -2.17. The number of benzene rings is 1. The van der Waals surface area contributed by atoms with Crippen LogP contribution in [0.2, 0.25) is 5.02 Å². The van der Waals surface area contributed by atoms with Crippen LogP contribution in [-0.4, -0.2) is 0 Å². The maximum absolute atomic E-state index is 6.35. The topological polar surface area (TPSA) is 26.0 Å². The highest BCUT2D eigenvalue weighted by atomic mass is 35.5. The second-order valence-electron chi connectivity index (χ2n) is 5.78. The van der Waals surface area contributed by atoms with E-state index in [1.807, 2.05) is 13.0 Å². The normalized spacial score (nSPS) is 24.2. The number of halogens is 1. The first-order valence-corrected chi connectivity index (χ1v) is 6.23. The number of aryl methyl sites for hydroxylation is 2. The van der Waals surface area contributed by atoms with Crippen molar-refractivity contribution in [3.05, 3.63) is 33.8 Å². The number of rotatable bonds is 2. The van der Waals surface area contributed by atoms with Gasteiger partial charge in [-0.15, -0.1) is 0 Å². The number of nitrogens with two attached hydrogens (primary N) is 1. The number of hydrogen-bond donors (Lipinski definition) is 1. The monoisotopic (exact) mass is 237 g/mol. The second kappa shape index (κ2) is 3.75. The fourth-order valence-electron chi connectivity index (χ4n) is 2.50. The molecule has 1 aliphatic rings. The molecule has 1 aromatic rings. The molecule has 16 heavy (non-hydrogen) atoms. The molecule has 0 amide bonds. The van der Waals surface area contributed by atoms with Gasteiger partial charge >= 0.3 is 0 Å². The first kappa shape index (κ1) is 11.9. The van der Waals surface area contributed by atoms with Crippen LogP contribution in [0.1, 0.15) is 43.0 Å². The maximum Gasteiger partial charge on any atom is 0.0438 e. The van der Waals surface area contributed by atoms with E-state index in [1.54, 1.807) is 0 Å². The highest BCUT2D eigenvalue weighted by molar-refractivity contribution is 6.31. The van der Waals surface area contributed by atoms with Crippen LogP contribution < -0.4 is 5.73 Å². The van der Waals surface area contributed by atoms with Crippen molar-refractivity contribution in [1.29, 1.82) is 0 Å². The van der Waals surface area contributed by atoms with Gasteiger partial charge in [-0.1, -0.05) is 31.5 Å². The van der Waals surface area contributed by atoms with Gasteiger partial charge < -0.3 is 5.73 Å². The summed E-state index contributed by atoms with van der Waals surface area (Å²) < 4.78 is 0. The van der Waals surface area contributed by atoms with Crippen LogP contribution >= 0.6 is 11.6 Å². The third-order valence-corrected chi connectivity index (χ3v) is 4.34. The Balaban J connectivity index is 2.31. The molecule has 2 unspecified atom stereocenters. The van der Waals surface area contributed by atoms with Gasteiger partial charge in [0.05, 0.1) is 0 Å². The zero-order valence-corrected chi connectivity index (χ0v) is 11.2. The van der Waals surface area contributed by atoms with Crippen molar-refractivity contribution in [3.63, 3.8) is 0 Å². The predicted octanol–water partition coefficient (Wildman–Crippen LogP) is 4.00. The van der Waals surface area contributed by atoms with Crippen LogP contribution in [0.4, 0.5) is 0 Å². The van der Waals surface area contributed by atoms with Gasteiger partial charge in [-0.25, -0.2) is 0 Å². The van der Waals surface area contributed by atoms with Gasteiger partial charge in [0.15, 0.2) is 0 Å². The van der Waals surface area contributed by atoms with Gasteiger partial charge in [-0.05, 0) is 54.4 Å². The fourth-order valence-corrected chi connectivity index (χ4v) is 2.72. The molecular formula is C14H20ClN. The average Bonchev–Trinajstić information content (AvgIpc) is 2.80. The highest BCUT2D eigenvalue weighted by Crippen LogP contribution is 2.57. The van der Waals surface area contributed by atoms with Crippen molar-refractivity contribution in [2.24, 2.45) is 17.1 Å². The Bertz CT molecular complexity index is 423. The minimum Gasteiger partial charge on any atom is -0.324 e. The van der Waals surface area contributed by atoms with Crippen molar-refractivity contribution in [2.45, 2.75) is 40.2 Å². The van der Waals surface area contributed by atoms with Gasteiger partial charge in [0, 0.05) is 11.1 Å². The molecule has 1 nitrogen and oxygen atoms in total. The molecule has 1 aliphatic carbocycles. The molecular weight excluding hydrogens is 218 g/mol. The summed E-state index contributed by atoms with van der Waals surface area (Å²) in [5.41, 5.74) is 10.4. The van der Waals surface area contributed by atoms with Gasteiger partial charge in [0.2, 0.25) is 0 Å². The Hall–Kier alpha value is -0.530. The summed E-state index contributed by atoms with van der Waals surface area (Å²) in [6, 6.07) is 4.34. The second-order valence-corrected chi connectivity index (χ2v) is 6.19. The summed E-state index contributed by atoms with van der Waals surface area (Å²) in [5.74, 6) is 0.617. The van der Waals surface area contributed by atoms with Crippen LogP contribution in [-0.2, 0) is 0 Å². The smallest absolute Gasteiger partial charge is 0.0438 e. The van der Waals surface area contributed by atoms with E-state index in [0.717, 1.165) is 10.6 Å². The third-order valence-electron chi connectivity index (χ3n) is 3.93. The lowest BCUT2D eigenvalue weighted by atomic mass is 9.93. The van der Waals surface area contributed by atoms with Crippen molar-refractivity contribution >= 4 is 11.6 Å². The van der Waals surface area contributed by atoms with Gasteiger partial charge in [-0.3, -0.25) is 0 Å². The Morgan fingerprint density at radius 2 is 1.88 bits per heavy atom. The van der Waals surface area contributed by atoms with Crippen LogP contribution in [0.5, 0.6) is 0 Å². The molecule has 0 heterocycles. The van der Waals surface area contributed by atoms with E-state index in [4.69, 9.17) is 17.3 Å². The lowest BCUT2D eigenvalue weighted by molar-refractivity contribution is 0.490. The molecule has 2 N–H and O–H groups in total. The molecule has 2 rings (SSSR count). The van der Waals surface area contributed by atoms with E-state index in [2.05, 4.69) is 26.8 Å². The summed E-state index contributed by atoms with van der Waals surface area (Å²) in [6.07, 6.45) is 1.23. The number of hydrogen-bond acceptors (Lipinski definition) is 1. The molecule has 1 fully saturated rings. The van der Waals surface area contributed by atoms with Crippen LogP contribution in [0.3, 0.4) is 0 Å². The molecule has 0 bridgehead atoms. The van der Waals surface area contributed by atoms with Crippen LogP contribution in [0.25, 0.3) is 0 Å². The molecule has 0 radical (unpaired) electrons. The maximum atomic E-state index is 6.35. The molecule has 2 heteroatoms. The summed E-state index contributed by atoms with van der Waals surface area (Å²) >= 11 is 6.10. The highest BCUT2D eigenvalue weighted by Gasteiger charge is 2.49. The molecule has 1 aromatic carbocycles. The fraction of sp³-hybridized carbons (Fsp3) is 0.571. The van der Waals surface area contributed by atoms with Gasteiger partial charge in [0.25, 0.3) is 0 Å². The Morgan fingerprint density at radius 3 is 2.38 bits per heavy atom.